The molecule has 0 atom stereocenters. The highest BCUT2D eigenvalue weighted by molar-refractivity contribution is 5.92. The van der Waals surface area contributed by atoms with Crippen molar-refractivity contribution in [1.82, 2.24) is 24.5 Å². The fraction of sp³-hybridized carbons (Fsp3) is 0.593. The maximum Gasteiger partial charge on any atom is 0.374 e. The molecular formula is C27H34F2N6O2. The second kappa shape index (κ2) is 10.3. The van der Waals surface area contributed by atoms with Crippen molar-refractivity contribution in [2.75, 3.05) is 11.9 Å². The second-order valence-electron chi connectivity index (χ2n) is 10.9. The number of anilines is 1. The molecule has 0 bridgehead atoms. The van der Waals surface area contributed by atoms with Gasteiger partial charge in [0, 0.05) is 32.1 Å². The number of halogens is 2. The third-order valence-electron chi connectivity index (χ3n) is 7.82. The summed E-state index contributed by atoms with van der Waals surface area (Å²) in [5, 5.41) is 13.0. The Hall–Kier alpha value is -3.17. The molecule has 2 fully saturated rings. The Morgan fingerprint density at radius 1 is 1.16 bits per heavy atom. The summed E-state index contributed by atoms with van der Waals surface area (Å²) in [6.45, 7) is 5.31. The normalized spacial score (nSPS) is 18.3. The van der Waals surface area contributed by atoms with Crippen molar-refractivity contribution >= 4 is 23.0 Å². The fourth-order valence-corrected chi connectivity index (χ4v) is 5.27. The smallest absolute Gasteiger partial charge is 0.374 e. The first-order chi connectivity index (χ1) is 17.7. The Bertz CT molecular complexity index is 1280. The monoisotopic (exact) mass is 512 g/mol. The van der Waals surface area contributed by atoms with Gasteiger partial charge < -0.3 is 15.0 Å². The number of hydrogen-bond acceptors (Lipinski definition) is 6. The van der Waals surface area contributed by atoms with Gasteiger partial charge in [0.2, 0.25) is 11.7 Å². The number of nitrogens with zero attached hydrogens (tertiary/aromatic N) is 5. The third kappa shape index (κ3) is 5.57. The van der Waals surface area contributed by atoms with E-state index < -0.39 is 11.9 Å². The Morgan fingerprint density at radius 3 is 2.57 bits per heavy atom. The Kier molecular flexibility index (Phi) is 7.09. The van der Waals surface area contributed by atoms with Crippen molar-refractivity contribution in [1.29, 1.82) is 0 Å². The van der Waals surface area contributed by atoms with E-state index >= 15 is 0 Å². The molecule has 0 amide bonds. The molecule has 5 rings (SSSR count). The molecule has 2 saturated carbocycles. The van der Waals surface area contributed by atoms with Gasteiger partial charge in [-0.05, 0) is 54.7 Å². The number of carboxylic acid groups (broad SMARTS) is 1. The van der Waals surface area contributed by atoms with E-state index in [9.17, 15) is 18.7 Å². The summed E-state index contributed by atoms with van der Waals surface area (Å²) in [6, 6.07) is 3.94. The lowest BCUT2D eigenvalue weighted by atomic mass is 9.83. The third-order valence-corrected chi connectivity index (χ3v) is 7.82. The number of aromatic carboxylic acids is 1. The van der Waals surface area contributed by atoms with Gasteiger partial charge in [0.1, 0.15) is 11.2 Å². The standard InChI is InChI=1S/C27H34F2N6O2/c1-16(2)19-9-13-30-20(14-19)25-34-23-21(35(25)15-18-6-10-27(28,29)11-7-18)22(32-24(33-23)26(36)37)31-12-8-17-4-3-5-17/h9,13-14,16-18H,3-8,10-12,15H2,1-2H3,(H,36,37)(H,31,32,33). The van der Waals surface area contributed by atoms with E-state index in [1.807, 2.05) is 16.7 Å². The van der Waals surface area contributed by atoms with E-state index in [1.54, 1.807) is 6.20 Å². The van der Waals surface area contributed by atoms with Gasteiger partial charge in [-0.1, -0.05) is 33.1 Å². The number of aromatic nitrogens is 5. The predicted octanol–water partition coefficient (Wildman–Crippen LogP) is 6.14. The molecule has 10 heteroatoms. The average Bonchev–Trinajstić information content (AvgIpc) is 3.20. The summed E-state index contributed by atoms with van der Waals surface area (Å²) in [4.78, 5) is 29.7. The zero-order chi connectivity index (χ0) is 26.2. The lowest BCUT2D eigenvalue weighted by Gasteiger charge is -2.29. The molecule has 3 aromatic heterocycles. The topological polar surface area (TPSA) is 106 Å². The molecule has 198 valence electrons. The summed E-state index contributed by atoms with van der Waals surface area (Å²) in [6.07, 6.45) is 6.95. The van der Waals surface area contributed by atoms with Crippen LogP contribution in [0.25, 0.3) is 22.7 Å². The fourth-order valence-electron chi connectivity index (χ4n) is 5.27. The van der Waals surface area contributed by atoms with E-state index in [1.165, 1.54) is 19.3 Å². The quantitative estimate of drug-likeness (QED) is 0.355. The van der Waals surface area contributed by atoms with Gasteiger partial charge in [0.15, 0.2) is 17.3 Å². The minimum absolute atomic E-state index is 0.0334. The van der Waals surface area contributed by atoms with Crippen molar-refractivity contribution in [3.8, 4) is 11.5 Å². The Morgan fingerprint density at radius 2 is 1.92 bits per heavy atom. The molecule has 0 unspecified atom stereocenters. The van der Waals surface area contributed by atoms with Crippen LogP contribution in [0.2, 0.25) is 0 Å². The van der Waals surface area contributed by atoms with Crippen LogP contribution in [0.4, 0.5) is 14.6 Å². The summed E-state index contributed by atoms with van der Waals surface area (Å²) in [5.74, 6) is -2.21. The SMILES string of the molecule is CC(C)c1ccnc(-c2nc3nc(C(=O)O)nc(NCCC4CCC4)c3n2CC2CCC(F)(F)CC2)c1. The molecule has 3 heterocycles. The van der Waals surface area contributed by atoms with Crippen LogP contribution in [0, 0.1) is 11.8 Å². The van der Waals surface area contributed by atoms with E-state index in [4.69, 9.17) is 4.98 Å². The maximum absolute atomic E-state index is 13.9. The average molecular weight is 513 g/mol. The van der Waals surface area contributed by atoms with Gasteiger partial charge in [-0.25, -0.2) is 28.5 Å². The van der Waals surface area contributed by atoms with Gasteiger partial charge in [-0.2, -0.15) is 0 Å². The van der Waals surface area contributed by atoms with Crippen LogP contribution in [-0.4, -0.2) is 48.0 Å². The molecule has 3 aromatic rings. The number of carboxylic acids is 1. The molecule has 2 aliphatic rings. The van der Waals surface area contributed by atoms with Crippen molar-refractivity contribution in [2.45, 2.75) is 83.6 Å². The minimum Gasteiger partial charge on any atom is -0.475 e. The zero-order valence-corrected chi connectivity index (χ0v) is 21.4. The molecular weight excluding hydrogens is 478 g/mol. The van der Waals surface area contributed by atoms with Gasteiger partial charge in [-0.3, -0.25) is 4.98 Å². The summed E-state index contributed by atoms with van der Waals surface area (Å²) >= 11 is 0. The number of rotatable bonds is 9. The number of carbonyl (C=O) groups is 1. The highest BCUT2D eigenvalue weighted by atomic mass is 19.3. The summed E-state index contributed by atoms with van der Waals surface area (Å²) in [7, 11) is 0. The molecule has 8 nitrogen and oxygen atoms in total. The van der Waals surface area contributed by atoms with Crippen LogP contribution in [0.15, 0.2) is 18.3 Å². The first-order valence-electron chi connectivity index (χ1n) is 13.3. The molecule has 0 aliphatic heterocycles. The second-order valence-corrected chi connectivity index (χ2v) is 10.9. The van der Waals surface area contributed by atoms with Gasteiger partial charge in [-0.15, -0.1) is 0 Å². The molecule has 2 aliphatic carbocycles. The first kappa shape index (κ1) is 25.5. The molecule has 2 N–H and O–H groups in total. The Balaban J connectivity index is 1.59. The predicted molar refractivity (Wildman–Crippen MR) is 137 cm³/mol. The van der Waals surface area contributed by atoms with Gasteiger partial charge >= 0.3 is 5.97 Å². The largest absolute Gasteiger partial charge is 0.475 e. The summed E-state index contributed by atoms with van der Waals surface area (Å²) in [5.41, 5.74) is 2.61. The molecule has 0 radical (unpaired) electrons. The van der Waals surface area contributed by atoms with Crippen LogP contribution >= 0.6 is 0 Å². The van der Waals surface area contributed by atoms with Crippen LogP contribution in [0.5, 0.6) is 0 Å². The number of fused-ring (bicyclic) bond motifs is 1. The van der Waals surface area contributed by atoms with Crippen LogP contribution in [0.1, 0.15) is 87.3 Å². The number of imidazole rings is 1. The van der Waals surface area contributed by atoms with E-state index in [-0.39, 0.29) is 36.1 Å². The molecule has 0 spiro atoms. The molecule has 0 saturated heterocycles. The first-order valence-corrected chi connectivity index (χ1v) is 13.3. The van der Waals surface area contributed by atoms with Crippen molar-refractivity contribution in [3.63, 3.8) is 0 Å². The minimum atomic E-state index is -2.61. The van der Waals surface area contributed by atoms with Gasteiger partial charge in [0.25, 0.3) is 0 Å². The number of nitrogens with one attached hydrogen (secondary N) is 1. The lowest BCUT2D eigenvalue weighted by molar-refractivity contribution is -0.0471. The number of pyridine rings is 1. The van der Waals surface area contributed by atoms with E-state index in [0.717, 1.165) is 12.0 Å². The Labute approximate surface area is 214 Å². The number of hydrogen-bond donors (Lipinski definition) is 2. The van der Waals surface area contributed by atoms with Crippen molar-refractivity contribution in [2.24, 2.45) is 11.8 Å². The van der Waals surface area contributed by atoms with Crippen molar-refractivity contribution in [3.05, 3.63) is 29.7 Å². The lowest BCUT2D eigenvalue weighted by Crippen LogP contribution is -2.27. The maximum atomic E-state index is 13.9. The highest BCUT2D eigenvalue weighted by Gasteiger charge is 2.35. The highest BCUT2D eigenvalue weighted by Crippen LogP contribution is 2.38. The van der Waals surface area contributed by atoms with Crippen LogP contribution < -0.4 is 5.32 Å². The summed E-state index contributed by atoms with van der Waals surface area (Å²) < 4.78 is 29.7. The van der Waals surface area contributed by atoms with Crippen LogP contribution in [0.3, 0.4) is 0 Å². The van der Waals surface area contributed by atoms with E-state index in [0.29, 0.717) is 54.7 Å². The van der Waals surface area contributed by atoms with E-state index in [2.05, 4.69) is 34.1 Å². The number of alkyl halides is 2. The zero-order valence-electron chi connectivity index (χ0n) is 21.4. The molecule has 37 heavy (non-hydrogen) atoms. The molecule has 0 aromatic carbocycles. The van der Waals surface area contributed by atoms with Crippen molar-refractivity contribution < 1.29 is 18.7 Å². The van der Waals surface area contributed by atoms with Crippen LogP contribution in [-0.2, 0) is 6.54 Å². The van der Waals surface area contributed by atoms with Gasteiger partial charge in [0.05, 0.1) is 0 Å².